The van der Waals surface area contributed by atoms with Crippen LogP contribution in [0.15, 0.2) is 18.5 Å². The van der Waals surface area contributed by atoms with Crippen molar-refractivity contribution in [1.29, 1.82) is 0 Å². The maximum Gasteiger partial charge on any atom is 0.342 e. The fourth-order valence-corrected chi connectivity index (χ4v) is 1.46. The second kappa shape index (κ2) is 6.09. The van der Waals surface area contributed by atoms with E-state index in [9.17, 15) is 8.78 Å². The molecule has 0 aromatic carbocycles. The first-order chi connectivity index (χ1) is 7.99. The van der Waals surface area contributed by atoms with Crippen molar-refractivity contribution in [2.24, 2.45) is 5.84 Å². The Kier molecular flexibility index (Phi) is 5.04. The minimum Gasteiger partial charge on any atom is -0.492 e. The van der Waals surface area contributed by atoms with Gasteiger partial charge in [-0.2, -0.15) is 8.78 Å². The number of nitrogens with two attached hydrogens (primary N) is 1. The lowest BCUT2D eigenvalue weighted by Crippen LogP contribution is -2.37. The van der Waals surface area contributed by atoms with Crippen LogP contribution >= 0.6 is 11.6 Å². The third-order valence-corrected chi connectivity index (χ3v) is 2.25. The molecule has 0 aliphatic rings. The van der Waals surface area contributed by atoms with Crippen LogP contribution in [-0.2, 0) is 0 Å². The van der Waals surface area contributed by atoms with Crippen LogP contribution in [0.5, 0.6) is 5.75 Å². The zero-order valence-electron chi connectivity index (χ0n) is 9.29. The van der Waals surface area contributed by atoms with Crippen LogP contribution in [-0.4, -0.2) is 17.0 Å². The van der Waals surface area contributed by atoms with Crippen molar-refractivity contribution in [3.8, 4) is 5.75 Å². The molecule has 17 heavy (non-hydrogen) atoms. The summed E-state index contributed by atoms with van der Waals surface area (Å²) in [7, 11) is 0. The van der Waals surface area contributed by atoms with E-state index in [0.29, 0.717) is 12.4 Å². The maximum absolute atomic E-state index is 13.0. The number of nitrogens with zero attached hydrogens (tertiary/aromatic N) is 1. The Morgan fingerprint density at radius 1 is 1.59 bits per heavy atom. The molecular weight excluding hydrogens is 252 g/mol. The first kappa shape index (κ1) is 14.1. The number of ether oxygens (including phenoxy) is 1. The highest BCUT2D eigenvalue weighted by atomic mass is 35.5. The monoisotopic (exact) mass is 265 g/mol. The molecule has 1 unspecified atom stereocenters. The van der Waals surface area contributed by atoms with E-state index < -0.39 is 11.4 Å². The summed E-state index contributed by atoms with van der Waals surface area (Å²) in [6.07, 6.45) is 3.52. The summed E-state index contributed by atoms with van der Waals surface area (Å²) in [4.78, 5) is 3.81. The van der Waals surface area contributed by atoms with Crippen molar-refractivity contribution < 1.29 is 13.5 Å². The molecule has 0 spiro atoms. The van der Waals surface area contributed by atoms with E-state index in [0.717, 1.165) is 6.42 Å². The van der Waals surface area contributed by atoms with Gasteiger partial charge in [-0.05, 0) is 29.7 Å². The molecule has 0 bridgehead atoms. The zero-order valence-corrected chi connectivity index (χ0v) is 10.0. The van der Waals surface area contributed by atoms with Crippen molar-refractivity contribution >= 4 is 11.6 Å². The summed E-state index contributed by atoms with van der Waals surface area (Å²) in [6, 6.07) is -0.0782. The van der Waals surface area contributed by atoms with Gasteiger partial charge in [0.2, 0.25) is 0 Å². The van der Waals surface area contributed by atoms with Crippen molar-refractivity contribution in [2.75, 3.05) is 6.61 Å². The highest BCUT2D eigenvalue weighted by Crippen LogP contribution is 2.34. The van der Waals surface area contributed by atoms with Crippen molar-refractivity contribution in [3.63, 3.8) is 0 Å². The van der Waals surface area contributed by atoms with Gasteiger partial charge in [-0.3, -0.25) is 10.8 Å². The van der Waals surface area contributed by atoms with Crippen LogP contribution in [0.4, 0.5) is 8.78 Å². The average Bonchev–Trinajstić information content (AvgIpc) is 2.26. The lowest BCUT2D eigenvalue weighted by atomic mass is 10.1. The molecule has 0 aliphatic carbocycles. The number of hydrazine groups is 1. The summed E-state index contributed by atoms with van der Waals surface area (Å²) in [5.41, 5.74) is 2.13. The number of nitrogens with one attached hydrogen (secondary N) is 1. The van der Waals surface area contributed by atoms with E-state index in [1.54, 1.807) is 0 Å². The third-order valence-electron chi connectivity index (χ3n) is 2.03. The second-order valence-corrected chi connectivity index (χ2v) is 3.95. The Bertz CT molecular complexity index is 360. The number of hydrogen-bond donors (Lipinski definition) is 2. The van der Waals surface area contributed by atoms with E-state index >= 15 is 0 Å². The molecule has 0 aliphatic heterocycles. The quantitative estimate of drug-likeness (QED) is 0.470. The summed E-state index contributed by atoms with van der Waals surface area (Å²) >= 11 is 4.95. The van der Waals surface area contributed by atoms with Gasteiger partial charge >= 0.3 is 5.38 Å². The predicted octanol–water partition coefficient (Wildman–Crippen LogP) is 2.21. The molecule has 0 radical (unpaired) electrons. The number of alkyl halides is 3. The van der Waals surface area contributed by atoms with Crippen LogP contribution in [0.3, 0.4) is 0 Å². The molecule has 1 aromatic heterocycles. The van der Waals surface area contributed by atoms with Crippen LogP contribution in [0.2, 0.25) is 0 Å². The van der Waals surface area contributed by atoms with E-state index in [1.165, 1.54) is 18.5 Å². The Morgan fingerprint density at radius 2 is 2.29 bits per heavy atom. The molecule has 0 saturated carbocycles. The SMILES string of the molecule is CCCOc1cncc(C(NN)C(F)(F)Cl)c1. The smallest absolute Gasteiger partial charge is 0.342 e. The van der Waals surface area contributed by atoms with Crippen LogP contribution in [0.25, 0.3) is 0 Å². The topological polar surface area (TPSA) is 60.2 Å². The molecule has 0 amide bonds. The molecule has 4 nitrogen and oxygen atoms in total. The van der Waals surface area contributed by atoms with Crippen LogP contribution in [0, 0.1) is 0 Å². The normalized spacial score (nSPS) is 13.5. The summed E-state index contributed by atoms with van der Waals surface area (Å²) < 4.78 is 31.3. The van der Waals surface area contributed by atoms with Gasteiger partial charge in [0, 0.05) is 6.20 Å². The van der Waals surface area contributed by atoms with E-state index in [4.69, 9.17) is 22.2 Å². The molecule has 96 valence electrons. The van der Waals surface area contributed by atoms with Gasteiger partial charge in [0.1, 0.15) is 11.8 Å². The number of pyridine rings is 1. The molecule has 1 atom stereocenters. The van der Waals surface area contributed by atoms with Crippen molar-refractivity contribution in [1.82, 2.24) is 10.4 Å². The molecule has 1 aromatic rings. The Balaban J connectivity index is 2.89. The van der Waals surface area contributed by atoms with Gasteiger partial charge in [0.15, 0.2) is 0 Å². The highest BCUT2D eigenvalue weighted by molar-refractivity contribution is 6.22. The highest BCUT2D eigenvalue weighted by Gasteiger charge is 2.38. The standard InChI is InChI=1S/C10H14ClF2N3O/c1-2-3-17-8-4-7(5-15-6-8)9(16-14)10(11,12)13/h4-6,9,16H,2-3,14H2,1H3. The number of hydrogen-bond acceptors (Lipinski definition) is 4. The van der Waals surface area contributed by atoms with Crippen molar-refractivity contribution in [3.05, 3.63) is 24.0 Å². The summed E-state index contributed by atoms with van der Waals surface area (Å²) in [5, 5.41) is -3.50. The predicted molar refractivity (Wildman–Crippen MR) is 60.9 cm³/mol. The Morgan fingerprint density at radius 3 is 2.82 bits per heavy atom. The maximum atomic E-state index is 13.0. The molecule has 1 heterocycles. The minimum absolute atomic E-state index is 0.168. The van der Waals surface area contributed by atoms with Gasteiger partial charge in [-0.1, -0.05) is 6.92 Å². The average molecular weight is 266 g/mol. The second-order valence-electron chi connectivity index (χ2n) is 3.44. The third kappa shape index (κ3) is 4.07. The summed E-state index contributed by atoms with van der Waals surface area (Å²) in [5.74, 6) is 5.47. The Hall–Kier alpha value is -0.980. The van der Waals surface area contributed by atoms with Gasteiger partial charge in [-0.15, -0.1) is 0 Å². The fourth-order valence-electron chi connectivity index (χ4n) is 1.27. The Labute approximate surface area is 103 Å². The zero-order chi connectivity index (χ0) is 12.9. The first-order valence-corrected chi connectivity index (χ1v) is 5.47. The molecule has 3 N–H and O–H groups in total. The number of aromatic nitrogens is 1. The van der Waals surface area contributed by atoms with Gasteiger partial charge in [0.25, 0.3) is 0 Å². The van der Waals surface area contributed by atoms with E-state index in [2.05, 4.69) is 4.98 Å². The van der Waals surface area contributed by atoms with Gasteiger partial charge in [-0.25, -0.2) is 5.43 Å². The van der Waals surface area contributed by atoms with Crippen LogP contribution < -0.4 is 16.0 Å². The van der Waals surface area contributed by atoms with Crippen molar-refractivity contribution in [2.45, 2.75) is 24.8 Å². The summed E-state index contributed by atoms with van der Waals surface area (Å²) in [6.45, 7) is 2.43. The lowest BCUT2D eigenvalue weighted by Gasteiger charge is -2.21. The minimum atomic E-state index is -3.50. The molecule has 7 heteroatoms. The molecule has 0 saturated heterocycles. The van der Waals surface area contributed by atoms with E-state index in [1.807, 2.05) is 12.3 Å². The molecule has 0 fully saturated rings. The van der Waals surface area contributed by atoms with Gasteiger partial charge < -0.3 is 4.74 Å². The van der Waals surface area contributed by atoms with Crippen LogP contribution in [0.1, 0.15) is 24.9 Å². The lowest BCUT2D eigenvalue weighted by molar-refractivity contribution is 0.0495. The van der Waals surface area contributed by atoms with Gasteiger partial charge in [0.05, 0.1) is 12.8 Å². The molecule has 1 rings (SSSR count). The molecular formula is C10H14ClF2N3O. The number of halogens is 3. The van der Waals surface area contributed by atoms with E-state index in [-0.39, 0.29) is 5.56 Å². The first-order valence-electron chi connectivity index (χ1n) is 5.09. The number of rotatable bonds is 6. The largest absolute Gasteiger partial charge is 0.492 e. The fraction of sp³-hybridized carbons (Fsp3) is 0.500.